The van der Waals surface area contributed by atoms with Crippen molar-refractivity contribution in [2.24, 2.45) is 34.3 Å². The number of carbonyl (C=O) groups is 3. The topological polar surface area (TPSA) is 229 Å². The highest BCUT2D eigenvalue weighted by Gasteiger charge is 2.72. The quantitative estimate of drug-likeness (QED) is 0.171. The number of esters is 1. The van der Waals surface area contributed by atoms with Crippen LogP contribution in [0.1, 0.15) is 46.5 Å². The van der Waals surface area contributed by atoms with E-state index in [1.54, 1.807) is 13.0 Å². The van der Waals surface area contributed by atoms with Crippen molar-refractivity contribution in [2.75, 3.05) is 19.8 Å². The number of nitrogens with two attached hydrogens (primary N) is 1. The van der Waals surface area contributed by atoms with Gasteiger partial charge in [-0.25, -0.2) is 9.13 Å². The van der Waals surface area contributed by atoms with Gasteiger partial charge in [0, 0.05) is 30.2 Å². The Morgan fingerprint density at radius 2 is 1.88 bits per heavy atom. The van der Waals surface area contributed by atoms with Crippen LogP contribution < -0.4 is 5.73 Å². The van der Waals surface area contributed by atoms with E-state index < -0.39 is 87.0 Å². The third-order valence-corrected chi connectivity index (χ3v) is 12.1. The van der Waals surface area contributed by atoms with Gasteiger partial charge >= 0.3 is 21.6 Å². The Morgan fingerprint density at radius 1 is 1.20 bits per heavy atom. The minimum Gasteiger partial charge on any atom is -0.458 e. The Balaban J connectivity index is 1.77. The molecule has 3 fully saturated rings. The minimum atomic E-state index is -5.34. The van der Waals surface area contributed by atoms with Crippen LogP contribution in [0.25, 0.3) is 0 Å². The van der Waals surface area contributed by atoms with Crippen molar-refractivity contribution in [1.29, 1.82) is 0 Å². The van der Waals surface area contributed by atoms with Crippen LogP contribution in [0.15, 0.2) is 23.8 Å². The number of allylic oxidation sites excluding steroid dienone is 4. The predicted molar refractivity (Wildman–Crippen MR) is 141 cm³/mol. The number of Topliss-reactive ketones (excluding diaryl/α,β-unsaturated/α-hetero) is 1. The number of fused-ring (bicyclic) bond motifs is 5. The summed E-state index contributed by atoms with van der Waals surface area (Å²) in [5.41, 5.74) is 1.30. The summed E-state index contributed by atoms with van der Waals surface area (Å²) < 4.78 is 44.9. The lowest BCUT2D eigenvalue weighted by atomic mass is 9.46. The molecular weight excluding hydrogens is 584 g/mol. The predicted octanol–water partition coefficient (Wildman–Crippen LogP) is 1.32. The first-order valence-electron chi connectivity index (χ1n) is 13.3. The molecule has 3 saturated carbocycles. The third-order valence-electron chi connectivity index (χ3n) is 9.37. The summed E-state index contributed by atoms with van der Waals surface area (Å²) >= 11 is 0. The fourth-order valence-corrected chi connectivity index (χ4v) is 9.96. The van der Waals surface area contributed by atoms with E-state index in [9.17, 15) is 43.5 Å². The summed E-state index contributed by atoms with van der Waals surface area (Å²) in [5, 5.41) is 22.9. The molecule has 0 aromatic heterocycles. The number of phosphoric acid groups is 2. The number of aliphatic hydroxyl groups excluding tert-OH is 1. The van der Waals surface area contributed by atoms with Gasteiger partial charge in [-0.05, 0) is 49.7 Å². The summed E-state index contributed by atoms with van der Waals surface area (Å²) in [6, 6.07) is 0. The van der Waals surface area contributed by atoms with Crippen molar-refractivity contribution in [1.82, 2.24) is 0 Å². The van der Waals surface area contributed by atoms with Gasteiger partial charge in [-0.3, -0.25) is 23.4 Å². The number of phosphoric ester groups is 2. The molecule has 14 nitrogen and oxygen atoms in total. The van der Waals surface area contributed by atoms with E-state index >= 15 is 0 Å². The Hall–Kier alpha value is -1.57. The normalized spacial score (nSPS) is 40.8. The van der Waals surface area contributed by atoms with Crippen molar-refractivity contribution in [3.63, 3.8) is 0 Å². The standard InChI is InChI=1S/C25H37NO13P2/c1-14(27)36-13-21(30)25(31)20(29)11-18-17-5-4-15-10-16(28)6-7-23(15,2)22(17)19(12-24(18,25)3)38-41(34,35)39-40(32,33)37-9-8-26/h6-7,10,17-20,22,29,31H,4-5,8-9,11-13,26H2,1-3H3,(H,32,33)(H,34,35)/t17-,18-,19-,20+,22+,23-,24-,25-/m0/s1. The zero-order chi connectivity index (χ0) is 30.6. The third kappa shape index (κ3) is 5.72. The Morgan fingerprint density at radius 3 is 2.51 bits per heavy atom. The van der Waals surface area contributed by atoms with Crippen LogP contribution in [0.3, 0.4) is 0 Å². The van der Waals surface area contributed by atoms with Crippen LogP contribution in [-0.2, 0) is 41.6 Å². The number of carbonyl (C=O) groups excluding carboxylic acids is 3. The number of rotatable bonds is 10. The lowest BCUT2D eigenvalue weighted by molar-refractivity contribution is -0.190. The van der Waals surface area contributed by atoms with E-state index in [1.165, 1.54) is 12.2 Å². The lowest BCUT2D eigenvalue weighted by Gasteiger charge is -2.60. The van der Waals surface area contributed by atoms with Crippen molar-refractivity contribution >= 4 is 33.2 Å². The van der Waals surface area contributed by atoms with Crippen molar-refractivity contribution in [3.05, 3.63) is 23.8 Å². The molecule has 230 valence electrons. The zero-order valence-electron chi connectivity index (χ0n) is 23.0. The van der Waals surface area contributed by atoms with Crippen LogP contribution in [0.2, 0.25) is 0 Å². The molecule has 0 amide bonds. The van der Waals surface area contributed by atoms with Gasteiger partial charge in [-0.2, -0.15) is 4.31 Å². The first-order valence-corrected chi connectivity index (χ1v) is 16.3. The smallest absolute Gasteiger partial charge is 0.458 e. The monoisotopic (exact) mass is 621 g/mol. The molecule has 0 radical (unpaired) electrons. The number of ketones is 2. The maximum atomic E-state index is 13.3. The van der Waals surface area contributed by atoms with Gasteiger partial charge in [-0.15, -0.1) is 0 Å². The van der Waals surface area contributed by atoms with E-state index in [0.717, 1.165) is 12.5 Å². The van der Waals surface area contributed by atoms with E-state index in [0.29, 0.717) is 12.8 Å². The van der Waals surface area contributed by atoms with Crippen molar-refractivity contribution in [2.45, 2.75) is 64.3 Å². The number of aliphatic hydroxyl groups is 2. The highest BCUT2D eigenvalue weighted by molar-refractivity contribution is 7.61. The van der Waals surface area contributed by atoms with E-state index in [2.05, 4.69) is 8.83 Å². The Kier molecular flexibility index (Phi) is 8.81. The summed E-state index contributed by atoms with van der Waals surface area (Å²) in [4.78, 5) is 57.4. The molecule has 0 aliphatic heterocycles. The summed E-state index contributed by atoms with van der Waals surface area (Å²) in [6.45, 7) is 3.08. The molecule has 0 saturated heterocycles. The second-order valence-corrected chi connectivity index (χ2v) is 14.6. The average Bonchev–Trinajstić information content (AvgIpc) is 3.06. The molecule has 10 atom stereocenters. The molecule has 0 spiro atoms. The van der Waals surface area contributed by atoms with Gasteiger partial charge in [0.05, 0.1) is 18.8 Å². The van der Waals surface area contributed by atoms with Crippen molar-refractivity contribution < 1.29 is 61.6 Å². The molecule has 2 unspecified atom stereocenters. The molecule has 0 aromatic rings. The fourth-order valence-electron chi connectivity index (χ4n) is 7.69. The highest BCUT2D eigenvalue weighted by Crippen LogP contribution is 2.70. The van der Waals surface area contributed by atoms with Gasteiger partial charge in [0.15, 0.2) is 18.0 Å². The molecule has 0 heterocycles. The maximum absolute atomic E-state index is 13.3. The van der Waals surface area contributed by atoms with Crippen LogP contribution in [0.4, 0.5) is 0 Å². The molecule has 0 bridgehead atoms. The van der Waals surface area contributed by atoms with Gasteiger partial charge in [0.25, 0.3) is 0 Å². The van der Waals surface area contributed by atoms with Crippen LogP contribution >= 0.6 is 15.6 Å². The molecule has 4 aliphatic rings. The summed E-state index contributed by atoms with van der Waals surface area (Å²) in [5.74, 6) is -3.44. The van der Waals surface area contributed by atoms with Crippen LogP contribution in [0.5, 0.6) is 0 Å². The van der Waals surface area contributed by atoms with Gasteiger partial charge < -0.3 is 30.5 Å². The number of hydrogen-bond acceptors (Lipinski definition) is 12. The molecule has 0 aromatic carbocycles. The first-order chi connectivity index (χ1) is 18.9. The van der Waals surface area contributed by atoms with E-state index in [-0.39, 0.29) is 25.2 Å². The fraction of sp³-hybridized carbons (Fsp3) is 0.720. The van der Waals surface area contributed by atoms with Gasteiger partial charge in [0.2, 0.25) is 5.78 Å². The van der Waals surface area contributed by atoms with Crippen LogP contribution in [-0.4, -0.2) is 75.1 Å². The average molecular weight is 622 g/mol. The molecule has 4 aliphatic carbocycles. The maximum Gasteiger partial charge on any atom is 0.481 e. The summed E-state index contributed by atoms with van der Waals surface area (Å²) in [7, 11) is -10.4. The molecular formula is C25H37NO13P2. The van der Waals surface area contributed by atoms with Gasteiger partial charge in [0.1, 0.15) is 0 Å². The first kappa shape index (κ1) is 32.3. The lowest BCUT2D eigenvalue weighted by Crippen LogP contribution is -2.64. The molecule has 16 heteroatoms. The van der Waals surface area contributed by atoms with Crippen molar-refractivity contribution in [3.8, 4) is 0 Å². The molecule has 41 heavy (non-hydrogen) atoms. The Labute approximate surface area is 237 Å². The second kappa shape index (κ2) is 11.2. The second-order valence-electron chi connectivity index (χ2n) is 11.7. The van der Waals surface area contributed by atoms with E-state index in [1.807, 2.05) is 6.92 Å². The minimum absolute atomic E-state index is 0.0104. The SMILES string of the molecule is CC(=O)OCC(=O)[C@@]1(O)[C@H](O)C[C@H]2[C@@H]3CCC4=CC(=O)C=C[C@]4(C)[C@H]3[C@@H](OP(=O)(O)OP(=O)(O)OCCN)C[C@@]21C. The van der Waals surface area contributed by atoms with E-state index in [4.69, 9.17) is 15.0 Å². The molecule has 4 rings (SSSR count). The molecule has 6 N–H and O–H groups in total. The number of hydrogen-bond donors (Lipinski definition) is 5. The Bertz CT molecular complexity index is 1270. The number of ether oxygens (including phenoxy) is 1. The highest BCUT2D eigenvalue weighted by atomic mass is 31.3. The largest absolute Gasteiger partial charge is 0.481 e. The summed E-state index contributed by atoms with van der Waals surface area (Å²) in [6.07, 6.45) is 2.39. The van der Waals surface area contributed by atoms with Gasteiger partial charge in [-0.1, -0.05) is 25.5 Å². The van der Waals surface area contributed by atoms with Crippen LogP contribution in [0, 0.1) is 28.6 Å². The zero-order valence-corrected chi connectivity index (χ0v) is 24.8.